The minimum Gasteiger partial charge on any atom is -0.330 e. The highest BCUT2D eigenvalue weighted by Crippen LogP contribution is 2.35. The molecule has 26 heavy (non-hydrogen) atoms. The Labute approximate surface area is 169 Å². The maximum absolute atomic E-state index is 12.1. The van der Waals surface area contributed by atoms with E-state index in [1.165, 1.54) is 11.3 Å². The van der Waals surface area contributed by atoms with Gasteiger partial charge < -0.3 is 11.1 Å². The van der Waals surface area contributed by atoms with Crippen molar-refractivity contribution < 1.29 is 4.79 Å². The largest absolute Gasteiger partial charge is 0.330 e. The number of benzene rings is 1. The van der Waals surface area contributed by atoms with Gasteiger partial charge in [0.05, 0.1) is 5.69 Å². The van der Waals surface area contributed by atoms with Crippen LogP contribution in [0.5, 0.6) is 0 Å². The minimum atomic E-state index is -0.132. The summed E-state index contributed by atoms with van der Waals surface area (Å²) in [6.07, 6.45) is 2.75. The molecule has 4 nitrogen and oxygen atoms in total. The van der Waals surface area contributed by atoms with Gasteiger partial charge in [0.15, 0.2) is 5.13 Å². The molecule has 0 aliphatic carbocycles. The molecule has 0 aliphatic heterocycles. The van der Waals surface area contributed by atoms with Crippen LogP contribution in [-0.4, -0.2) is 17.4 Å². The van der Waals surface area contributed by atoms with Crippen LogP contribution in [0.25, 0.3) is 0 Å². The van der Waals surface area contributed by atoms with E-state index in [0.29, 0.717) is 34.6 Å². The van der Waals surface area contributed by atoms with Gasteiger partial charge in [-0.05, 0) is 37.1 Å². The van der Waals surface area contributed by atoms with E-state index in [1.54, 1.807) is 6.07 Å². The van der Waals surface area contributed by atoms with Crippen molar-refractivity contribution in [3.8, 4) is 0 Å². The number of carbonyl (C=O) groups is 1. The summed E-state index contributed by atoms with van der Waals surface area (Å²) in [5.41, 5.74) is 7.31. The summed E-state index contributed by atoms with van der Waals surface area (Å²) < 4.78 is 0. The molecule has 3 N–H and O–H groups in total. The average molecular weight is 414 g/mol. The molecule has 0 atom stereocenters. The van der Waals surface area contributed by atoms with Crippen LogP contribution < -0.4 is 11.1 Å². The van der Waals surface area contributed by atoms with Gasteiger partial charge in [-0.25, -0.2) is 4.98 Å². The van der Waals surface area contributed by atoms with Gasteiger partial charge >= 0.3 is 0 Å². The van der Waals surface area contributed by atoms with Crippen molar-refractivity contribution >= 4 is 45.6 Å². The Hall–Kier alpha value is -1.14. The van der Waals surface area contributed by atoms with Crippen molar-refractivity contribution in [3.05, 3.63) is 44.4 Å². The van der Waals surface area contributed by atoms with Crippen LogP contribution >= 0.6 is 34.5 Å². The number of nitrogens with zero attached hydrogens (tertiary/aromatic N) is 1. The van der Waals surface area contributed by atoms with Gasteiger partial charge in [0.1, 0.15) is 0 Å². The van der Waals surface area contributed by atoms with Gasteiger partial charge in [0, 0.05) is 33.2 Å². The highest BCUT2D eigenvalue weighted by molar-refractivity contribution is 7.15. The highest BCUT2D eigenvalue weighted by Gasteiger charge is 2.24. The monoisotopic (exact) mass is 413 g/mol. The Morgan fingerprint density at radius 2 is 2.00 bits per heavy atom. The normalized spacial score (nSPS) is 11.6. The Bertz CT molecular complexity index is 769. The van der Waals surface area contributed by atoms with Crippen LogP contribution in [0, 0.1) is 0 Å². The third-order valence-electron chi connectivity index (χ3n) is 3.88. The van der Waals surface area contributed by atoms with E-state index in [0.717, 1.165) is 29.0 Å². The van der Waals surface area contributed by atoms with Crippen LogP contribution in [-0.2, 0) is 16.6 Å². The maximum atomic E-state index is 12.1. The number of carbonyl (C=O) groups excluding carboxylic acids is 1. The summed E-state index contributed by atoms with van der Waals surface area (Å²) in [5, 5.41) is 4.80. The molecule has 2 aromatic rings. The number of aromatic nitrogens is 1. The summed E-state index contributed by atoms with van der Waals surface area (Å²) in [5.74, 6) is -0.0243. The van der Waals surface area contributed by atoms with Crippen molar-refractivity contribution in [2.45, 2.75) is 51.9 Å². The van der Waals surface area contributed by atoms with Crippen LogP contribution in [0.3, 0.4) is 0 Å². The number of halogens is 2. The van der Waals surface area contributed by atoms with Gasteiger partial charge in [-0.15, -0.1) is 11.3 Å². The second-order valence-corrected chi connectivity index (χ2v) is 9.17. The molecule has 0 saturated carbocycles. The Balaban J connectivity index is 2.22. The van der Waals surface area contributed by atoms with E-state index in [-0.39, 0.29) is 11.3 Å². The predicted molar refractivity (Wildman–Crippen MR) is 112 cm³/mol. The van der Waals surface area contributed by atoms with Crippen molar-refractivity contribution in [2.75, 3.05) is 11.9 Å². The zero-order valence-electron chi connectivity index (χ0n) is 15.4. The lowest BCUT2D eigenvalue weighted by Crippen LogP contribution is -2.15. The lowest BCUT2D eigenvalue weighted by atomic mass is 9.90. The van der Waals surface area contributed by atoms with Crippen molar-refractivity contribution in [1.29, 1.82) is 0 Å². The van der Waals surface area contributed by atoms with Crippen molar-refractivity contribution in [1.82, 2.24) is 4.98 Å². The molecule has 0 unspecified atom stereocenters. The first kappa shape index (κ1) is 21.2. The topological polar surface area (TPSA) is 68.0 Å². The van der Waals surface area contributed by atoms with Gasteiger partial charge in [0.25, 0.3) is 0 Å². The lowest BCUT2D eigenvalue weighted by molar-refractivity contribution is -0.116. The summed E-state index contributed by atoms with van der Waals surface area (Å²) in [6, 6.07) is 5.51. The molecule has 7 heteroatoms. The molecule has 1 amide bonds. The molecule has 0 saturated heterocycles. The number of unbranched alkanes of at least 4 members (excludes halogenated alkanes) is 1. The number of rotatable bonds is 7. The van der Waals surface area contributed by atoms with Crippen molar-refractivity contribution in [3.63, 3.8) is 0 Å². The molecule has 0 fully saturated rings. The predicted octanol–water partition coefficient (Wildman–Crippen LogP) is 5.41. The van der Waals surface area contributed by atoms with Gasteiger partial charge in [-0.1, -0.05) is 50.0 Å². The molecule has 0 aliphatic rings. The third kappa shape index (κ3) is 5.95. The highest BCUT2D eigenvalue weighted by atomic mass is 35.5. The van der Waals surface area contributed by atoms with E-state index in [1.807, 2.05) is 12.1 Å². The number of hydrogen-bond acceptors (Lipinski definition) is 4. The fourth-order valence-corrected chi connectivity index (χ4v) is 4.25. The van der Waals surface area contributed by atoms with E-state index < -0.39 is 0 Å². The summed E-state index contributed by atoms with van der Waals surface area (Å²) >= 11 is 13.8. The van der Waals surface area contributed by atoms with Gasteiger partial charge in [-0.3, -0.25) is 4.79 Å². The smallest absolute Gasteiger partial charge is 0.226 e. The fourth-order valence-electron chi connectivity index (χ4n) is 2.56. The number of nitrogens with two attached hydrogens (primary N) is 1. The molecular weight excluding hydrogens is 389 g/mol. The average Bonchev–Trinajstić information content (AvgIpc) is 2.93. The quantitative estimate of drug-likeness (QED) is 0.596. The molecule has 0 bridgehead atoms. The van der Waals surface area contributed by atoms with Gasteiger partial charge in [0.2, 0.25) is 5.91 Å². The SMILES string of the molecule is CC(C)(C)c1nc(NC(=O)CCCCN)sc1Cc1ccc(Cl)cc1Cl. The van der Waals surface area contributed by atoms with Crippen LogP contribution in [0.4, 0.5) is 5.13 Å². The molecule has 142 valence electrons. The molecule has 1 aromatic carbocycles. The Morgan fingerprint density at radius 3 is 2.62 bits per heavy atom. The fraction of sp³-hybridized carbons (Fsp3) is 0.474. The molecular formula is C19H25Cl2N3OS. The number of anilines is 1. The second-order valence-electron chi connectivity index (χ2n) is 7.25. The molecule has 2 rings (SSSR count). The molecule has 1 heterocycles. The molecule has 1 aromatic heterocycles. The summed E-state index contributed by atoms with van der Waals surface area (Å²) in [6.45, 7) is 6.94. The van der Waals surface area contributed by atoms with Crippen LogP contribution in [0.15, 0.2) is 18.2 Å². The van der Waals surface area contributed by atoms with E-state index in [2.05, 4.69) is 31.1 Å². The first-order valence-corrected chi connectivity index (χ1v) is 10.2. The summed E-state index contributed by atoms with van der Waals surface area (Å²) in [4.78, 5) is 17.9. The zero-order chi connectivity index (χ0) is 19.3. The summed E-state index contributed by atoms with van der Waals surface area (Å²) in [7, 11) is 0. The third-order valence-corrected chi connectivity index (χ3v) is 5.44. The maximum Gasteiger partial charge on any atom is 0.226 e. The van der Waals surface area contributed by atoms with Crippen molar-refractivity contribution in [2.24, 2.45) is 5.73 Å². The zero-order valence-corrected chi connectivity index (χ0v) is 17.7. The Morgan fingerprint density at radius 1 is 1.27 bits per heavy atom. The molecule has 0 radical (unpaired) electrons. The van der Waals surface area contributed by atoms with Crippen LogP contribution in [0.1, 0.15) is 56.2 Å². The van der Waals surface area contributed by atoms with E-state index in [4.69, 9.17) is 28.9 Å². The number of amides is 1. The standard InChI is InChI=1S/C19H25Cl2N3OS/c1-19(2,3)17-15(10-12-7-8-13(20)11-14(12)21)26-18(24-17)23-16(25)6-4-5-9-22/h7-8,11H,4-6,9-10,22H2,1-3H3,(H,23,24,25). The Kier molecular flexibility index (Phi) is 7.47. The minimum absolute atomic E-state index is 0.0243. The van der Waals surface area contributed by atoms with E-state index in [9.17, 15) is 4.79 Å². The second kappa shape index (κ2) is 9.18. The first-order chi connectivity index (χ1) is 12.2. The molecule has 0 spiro atoms. The first-order valence-electron chi connectivity index (χ1n) is 8.64. The van der Waals surface area contributed by atoms with Crippen LogP contribution in [0.2, 0.25) is 10.0 Å². The van der Waals surface area contributed by atoms with E-state index >= 15 is 0 Å². The number of hydrogen-bond donors (Lipinski definition) is 2. The number of thiazole rings is 1. The lowest BCUT2D eigenvalue weighted by Gasteiger charge is -2.17. The van der Waals surface area contributed by atoms with Gasteiger partial charge in [-0.2, -0.15) is 0 Å². The number of nitrogens with one attached hydrogen (secondary N) is 1.